The van der Waals surface area contributed by atoms with Gasteiger partial charge in [-0.3, -0.25) is 9.59 Å². The van der Waals surface area contributed by atoms with Crippen LogP contribution in [0.5, 0.6) is 0 Å². The predicted molar refractivity (Wildman–Crippen MR) is 57.0 cm³/mol. The van der Waals surface area contributed by atoms with Crippen molar-refractivity contribution in [3.05, 3.63) is 0 Å². The van der Waals surface area contributed by atoms with Gasteiger partial charge in [-0.05, 0) is 19.8 Å². The molecule has 0 aromatic rings. The average Bonchev–Trinajstić information content (AvgIpc) is 2.20. The Labute approximate surface area is 89.8 Å². The van der Waals surface area contributed by atoms with E-state index in [1.165, 1.54) is 0 Å². The van der Waals surface area contributed by atoms with Gasteiger partial charge in [-0.25, -0.2) is 0 Å². The van der Waals surface area contributed by atoms with E-state index in [9.17, 15) is 9.59 Å². The first kappa shape index (κ1) is 12.0. The summed E-state index contributed by atoms with van der Waals surface area (Å²) in [4.78, 5) is 23.0. The summed E-state index contributed by atoms with van der Waals surface area (Å²) in [5.74, 6) is -0.502. The maximum Gasteiger partial charge on any atom is 0.242 e. The van der Waals surface area contributed by atoms with E-state index in [2.05, 4.69) is 10.6 Å². The maximum atomic E-state index is 11.6. The molecule has 0 bridgehead atoms. The number of piperidine rings is 1. The highest BCUT2D eigenvalue weighted by molar-refractivity contribution is 5.88. The van der Waals surface area contributed by atoms with E-state index >= 15 is 0 Å². The van der Waals surface area contributed by atoms with Crippen molar-refractivity contribution in [1.82, 2.24) is 10.6 Å². The number of amides is 2. The Hall–Kier alpha value is -1.10. The Balaban J connectivity index is 2.46. The second-order valence-corrected chi connectivity index (χ2v) is 4.14. The summed E-state index contributed by atoms with van der Waals surface area (Å²) in [5, 5.41) is 5.44. The molecule has 2 amide bonds. The van der Waals surface area contributed by atoms with Crippen LogP contribution >= 0.6 is 0 Å². The zero-order chi connectivity index (χ0) is 11.4. The first-order chi connectivity index (χ1) is 7.02. The molecule has 86 valence electrons. The average molecular weight is 213 g/mol. The summed E-state index contributed by atoms with van der Waals surface area (Å²) in [5.41, 5.74) is 5.62. The van der Waals surface area contributed by atoms with Gasteiger partial charge in [-0.15, -0.1) is 0 Å². The van der Waals surface area contributed by atoms with Gasteiger partial charge < -0.3 is 16.4 Å². The van der Waals surface area contributed by atoms with E-state index in [0.717, 1.165) is 6.42 Å². The molecule has 3 unspecified atom stereocenters. The monoisotopic (exact) mass is 213 g/mol. The molecule has 1 aliphatic heterocycles. The summed E-state index contributed by atoms with van der Waals surface area (Å²) in [6.45, 7) is 4.25. The van der Waals surface area contributed by atoms with Gasteiger partial charge in [-0.2, -0.15) is 0 Å². The fourth-order valence-electron chi connectivity index (χ4n) is 1.45. The molecular formula is C10H19N3O2. The van der Waals surface area contributed by atoms with Gasteiger partial charge in [0.2, 0.25) is 11.8 Å². The molecule has 0 aromatic carbocycles. The molecule has 1 heterocycles. The molecule has 5 nitrogen and oxygen atoms in total. The van der Waals surface area contributed by atoms with Crippen LogP contribution < -0.4 is 16.4 Å². The highest BCUT2D eigenvalue weighted by Gasteiger charge is 2.26. The normalized spacial score (nSPS) is 25.3. The van der Waals surface area contributed by atoms with Gasteiger partial charge in [-0.1, -0.05) is 6.92 Å². The van der Waals surface area contributed by atoms with Crippen LogP contribution in [0.2, 0.25) is 0 Å². The molecule has 1 saturated heterocycles. The largest absolute Gasteiger partial charge is 0.354 e. The molecule has 5 heteroatoms. The minimum Gasteiger partial charge on any atom is -0.354 e. The van der Waals surface area contributed by atoms with Crippen LogP contribution in [0.25, 0.3) is 0 Å². The first-order valence-electron chi connectivity index (χ1n) is 5.36. The molecule has 15 heavy (non-hydrogen) atoms. The van der Waals surface area contributed by atoms with Crippen LogP contribution in [-0.4, -0.2) is 30.4 Å². The predicted octanol–water partition coefficient (Wildman–Crippen LogP) is -0.635. The van der Waals surface area contributed by atoms with Gasteiger partial charge in [0.05, 0.1) is 0 Å². The molecule has 1 aliphatic rings. The lowest BCUT2D eigenvalue weighted by Crippen LogP contribution is -2.52. The van der Waals surface area contributed by atoms with Crippen LogP contribution in [0.15, 0.2) is 0 Å². The van der Waals surface area contributed by atoms with Crippen LogP contribution in [0.4, 0.5) is 0 Å². The van der Waals surface area contributed by atoms with Crippen molar-refractivity contribution < 1.29 is 9.59 Å². The smallest absolute Gasteiger partial charge is 0.242 e. The molecule has 1 rings (SSSR count). The Morgan fingerprint density at radius 3 is 2.80 bits per heavy atom. The molecule has 3 atom stereocenters. The van der Waals surface area contributed by atoms with E-state index in [-0.39, 0.29) is 29.8 Å². The third-order valence-corrected chi connectivity index (χ3v) is 2.80. The van der Waals surface area contributed by atoms with Crippen LogP contribution in [0.3, 0.4) is 0 Å². The van der Waals surface area contributed by atoms with Gasteiger partial charge in [0.25, 0.3) is 0 Å². The number of carbonyl (C=O) groups is 2. The molecular weight excluding hydrogens is 194 g/mol. The van der Waals surface area contributed by atoms with E-state index in [1.807, 2.05) is 0 Å². The minimum atomic E-state index is -0.382. The topological polar surface area (TPSA) is 84.2 Å². The van der Waals surface area contributed by atoms with Crippen molar-refractivity contribution in [1.29, 1.82) is 0 Å². The van der Waals surface area contributed by atoms with Crippen molar-refractivity contribution in [2.75, 3.05) is 6.54 Å². The van der Waals surface area contributed by atoms with E-state index in [1.54, 1.807) is 13.8 Å². The lowest BCUT2D eigenvalue weighted by molar-refractivity contribution is -0.132. The quantitative estimate of drug-likeness (QED) is 0.583. The standard InChI is InChI=1S/C10H19N3O2/c1-6(7(2)11)9(14)13-8-4-3-5-12-10(8)15/h6-8H,3-5,11H2,1-2H3,(H,12,15)(H,13,14). The summed E-state index contributed by atoms with van der Waals surface area (Å²) >= 11 is 0. The van der Waals surface area contributed by atoms with Gasteiger partial charge in [0, 0.05) is 18.5 Å². The summed E-state index contributed by atoms with van der Waals surface area (Å²) in [6.07, 6.45) is 1.62. The zero-order valence-corrected chi connectivity index (χ0v) is 9.25. The molecule has 4 N–H and O–H groups in total. The number of nitrogens with one attached hydrogen (secondary N) is 2. The second kappa shape index (κ2) is 5.11. The summed E-state index contributed by atoms with van der Waals surface area (Å²) in [7, 11) is 0. The zero-order valence-electron chi connectivity index (χ0n) is 9.25. The van der Waals surface area contributed by atoms with Crippen molar-refractivity contribution in [2.45, 2.75) is 38.8 Å². The third kappa shape index (κ3) is 3.20. The van der Waals surface area contributed by atoms with Crippen molar-refractivity contribution in [3.63, 3.8) is 0 Å². The summed E-state index contributed by atoms with van der Waals surface area (Å²) in [6, 6.07) is -0.580. The molecule has 0 spiro atoms. The van der Waals surface area contributed by atoms with E-state index in [0.29, 0.717) is 13.0 Å². The molecule has 0 aliphatic carbocycles. The first-order valence-corrected chi connectivity index (χ1v) is 5.36. The van der Waals surface area contributed by atoms with E-state index in [4.69, 9.17) is 5.73 Å². The van der Waals surface area contributed by atoms with Crippen molar-refractivity contribution in [2.24, 2.45) is 11.7 Å². The van der Waals surface area contributed by atoms with Gasteiger partial charge in [0.1, 0.15) is 6.04 Å². The Morgan fingerprint density at radius 2 is 2.27 bits per heavy atom. The lowest BCUT2D eigenvalue weighted by Gasteiger charge is -2.25. The fraction of sp³-hybridized carbons (Fsp3) is 0.800. The maximum absolute atomic E-state index is 11.6. The number of carbonyl (C=O) groups excluding carboxylic acids is 2. The highest BCUT2D eigenvalue weighted by Crippen LogP contribution is 2.06. The molecule has 0 aromatic heterocycles. The Kier molecular flexibility index (Phi) is 4.08. The van der Waals surface area contributed by atoms with Crippen LogP contribution in [0.1, 0.15) is 26.7 Å². The highest BCUT2D eigenvalue weighted by atomic mass is 16.2. The van der Waals surface area contributed by atoms with Crippen molar-refractivity contribution in [3.8, 4) is 0 Å². The summed E-state index contributed by atoms with van der Waals surface area (Å²) < 4.78 is 0. The van der Waals surface area contributed by atoms with Gasteiger partial charge >= 0.3 is 0 Å². The molecule has 0 saturated carbocycles. The van der Waals surface area contributed by atoms with Crippen molar-refractivity contribution >= 4 is 11.8 Å². The fourth-order valence-corrected chi connectivity index (χ4v) is 1.45. The molecule has 0 radical (unpaired) electrons. The Bertz CT molecular complexity index is 253. The van der Waals surface area contributed by atoms with Crippen LogP contribution in [0, 0.1) is 5.92 Å². The number of hydrogen-bond acceptors (Lipinski definition) is 3. The Morgan fingerprint density at radius 1 is 1.60 bits per heavy atom. The molecule has 1 fully saturated rings. The number of rotatable bonds is 3. The SMILES string of the molecule is CC(N)C(C)C(=O)NC1CCCNC1=O. The number of nitrogens with two attached hydrogens (primary N) is 1. The third-order valence-electron chi connectivity index (χ3n) is 2.80. The van der Waals surface area contributed by atoms with E-state index < -0.39 is 0 Å². The van der Waals surface area contributed by atoms with Gasteiger partial charge in [0.15, 0.2) is 0 Å². The number of hydrogen-bond donors (Lipinski definition) is 3. The van der Waals surface area contributed by atoms with Crippen LogP contribution in [-0.2, 0) is 9.59 Å². The second-order valence-electron chi connectivity index (χ2n) is 4.14. The minimum absolute atomic E-state index is 0.0912. The lowest BCUT2D eigenvalue weighted by atomic mass is 10.0.